The standard InChI is InChI=1S/C23H18ClF4N3O3S/c1-29-12-14-13-31(35(32,33)18-4-2-3-17(11-18)34-23(26,27)28)22-10-16(6-7-19(14)22)30-21-8-5-15(24)9-20(21)25/h2-11,13,29-30H,12H2,1H3. The molecule has 2 N–H and O–H groups in total. The molecule has 4 rings (SSSR count). The minimum atomic E-state index is -4.97. The summed E-state index contributed by atoms with van der Waals surface area (Å²) in [5.74, 6) is -1.26. The van der Waals surface area contributed by atoms with Crippen molar-refractivity contribution in [2.24, 2.45) is 0 Å². The lowest BCUT2D eigenvalue weighted by Gasteiger charge is -2.12. The lowest BCUT2D eigenvalue weighted by Crippen LogP contribution is -2.18. The van der Waals surface area contributed by atoms with Crippen molar-refractivity contribution in [2.45, 2.75) is 17.8 Å². The Kier molecular flexibility index (Phi) is 6.67. The highest BCUT2D eigenvalue weighted by atomic mass is 35.5. The minimum Gasteiger partial charge on any atom is -0.406 e. The summed E-state index contributed by atoms with van der Waals surface area (Å²) >= 11 is 5.79. The van der Waals surface area contributed by atoms with Crippen molar-refractivity contribution < 1.29 is 30.7 Å². The molecule has 0 aliphatic heterocycles. The summed E-state index contributed by atoms with van der Waals surface area (Å²) in [5.41, 5.74) is 1.40. The number of ether oxygens (including phenoxy) is 1. The minimum absolute atomic E-state index is 0.127. The molecule has 0 spiro atoms. The topological polar surface area (TPSA) is 72.4 Å². The van der Waals surface area contributed by atoms with E-state index < -0.39 is 32.8 Å². The third-order valence-corrected chi connectivity index (χ3v) is 6.93. The Balaban J connectivity index is 1.81. The normalized spacial score (nSPS) is 12.2. The van der Waals surface area contributed by atoms with Crippen molar-refractivity contribution >= 4 is 43.9 Å². The lowest BCUT2D eigenvalue weighted by molar-refractivity contribution is -0.274. The third kappa shape index (κ3) is 5.37. The van der Waals surface area contributed by atoms with Crippen molar-refractivity contribution in [3.63, 3.8) is 0 Å². The summed E-state index contributed by atoms with van der Waals surface area (Å²) in [5, 5.41) is 6.65. The molecule has 3 aromatic carbocycles. The number of hydrogen-bond donors (Lipinski definition) is 2. The van der Waals surface area contributed by atoms with Crippen LogP contribution >= 0.6 is 11.6 Å². The molecule has 0 unspecified atom stereocenters. The molecule has 0 aliphatic rings. The van der Waals surface area contributed by atoms with E-state index in [1.807, 2.05) is 0 Å². The van der Waals surface area contributed by atoms with Gasteiger partial charge in [-0.3, -0.25) is 0 Å². The average molecular weight is 528 g/mol. The van der Waals surface area contributed by atoms with Crippen LogP contribution < -0.4 is 15.4 Å². The third-order valence-electron chi connectivity index (χ3n) is 5.03. The van der Waals surface area contributed by atoms with Crippen LogP contribution in [0, 0.1) is 5.82 Å². The first-order chi connectivity index (χ1) is 16.5. The van der Waals surface area contributed by atoms with Crippen LogP contribution in [0.2, 0.25) is 5.02 Å². The Morgan fingerprint density at radius 3 is 2.51 bits per heavy atom. The summed E-state index contributed by atoms with van der Waals surface area (Å²) in [6, 6.07) is 13.1. The second-order valence-electron chi connectivity index (χ2n) is 7.49. The monoisotopic (exact) mass is 527 g/mol. The molecule has 1 heterocycles. The van der Waals surface area contributed by atoms with Gasteiger partial charge in [0.25, 0.3) is 10.0 Å². The smallest absolute Gasteiger partial charge is 0.406 e. The van der Waals surface area contributed by atoms with Gasteiger partial charge in [0.2, 0.25) is 0 Å². The number of fused-ring (bicyclic) bond motifs is 1. The molecular formula is C23H18ClF4N3O3S. The van der Waals surface area contributed by atoms with E-state index in [0.717, 1.165) is 28.2 Å². The fraction of sp³-hybridized carbons (Fsp3) is 0.130. The number of hydrogen-bond acceptors (Lipinski definition) is 5. The highest BCUT2D eigenvalue weighted by molar-refractivity contribution is 7.90. The summed E-state index contributed by atoms with van der Waals surface area (Å²) in [7, 11) is -2.63. The fourth-order valence-corrected chi connectivity index (χ4v) is 5.14. The summed E-state index contributed by atoms with van der Waals surface area (Å²) in [6.45, 7) is 0.328. The van der Waals surface area contributed by atoms with Gasteiger partial charge in [-0.25, -0.2) is 16.8 Å². The number of benzene rings is 3. The van der Waals surface area contributed by atoms with Crippen LogP contribution in [0.4, 0.5) is 28.9 Å². The van der Waals surface area contributed by atoms with Crippen LogP contribution in [0.15, 0.2) is 71.8 Å². The Morgan fingerprint density at radius 2 is 1.83 bits per heavy atom. The van der Waals surface area contributed by atoms with E-state index in [0.29, 0.717) is 23.2 Å². The molecule has 0 amide bonds. The predicted molar refractivity (Wildman–Crippen MR) is 125 cm³/mol. The zero-order valence-corrected chi connectivity index (χ0v) is 19.6. The van der Waals surface area contributed by atoms with Crippen molar-refractivity contribution in [1.29, 1.82) is 0 Å². The van der Waals surface area contributed by atoms with Gasteiger partial charge in [-0.2, -0.15) is 0 Å². The molecule has 35 heavy (non-hydrogen) atoms. The molecule has 0 fully saturated rings. The molecule has 0 radical (unpaired) electrons. The van der Waals surface area contributed by atoms with Gasteiger partial charge in [-0.15, -0.1) is 13.2 Å². The van der Waals surface area contributed by atoms with Crippen LogP contribution in [0.1, 0.15) is 5.56 Å². The second-order valence-corrected chi connectivity index (χ2v) is 9.74. The van der Waals surface area contributed by atoms with E-state index in [1.165, 1.54) is 30.5 Å². The van der Waals surface area contributed by atoms with E-state index in [9.17, 15) is 26.0 Å². The molecule has 12 heteroatoms. The molecule has 0 aliphatic carbocycles. The number of alkyl halides is 3. The number of aromatic nitrogens is 1. The second kappa shape index (κ2) is 9.40. The van der Waals surface area contributed by atoms with E-state index in [2.05, 4.69) is 15.4 Å². The molecule has 4 aromatic rings. The SMILES string of the molecule is CNCc1cn(S(=O)(=O)c2cccc(OC(F)(F)F)c2)c2cc(Nc3ccc(Cl)cc3F)ccc12. The Labute approximate surface area is 203 Å². The lowest BCUT2D eigenvalue weighted by atomic mass is 10.1. The maximum absolute atomic E-state index is 14.3. The maximum atomic E-state index is 14.3. The summed E-state index contributed by atoms with van der Waals surface area (Å²) < 4.78 is 83.9. The highest BCUT2D eigenvalue weighted by Gasteiger charge is 2.32. The molecule has 0 saturated heterocycles. The largest absolute Gasteiger partial charge is 0.573 e. The molecular weight excluding hydrogens is 510 g/mol. The quantitative estimate of drug-likeness (QED) is 0.287. The van der Waals surface area contributed by atoms with Crippen LogP contribution in [0.25, 0.3) is 10.9 Å². The molecule has 0 saturated carbocycles. The summed E-state index contributed by atoms with van der Waals surface area (Å²) in [6.07, 6.45) is -3.58. The average Bonchev–Trinajstić information content (AvgIpc) is 3.13. The van der Waals surface area contributed by atoms with E-state index in [-0.39, 0.29) is 16.2 Å². The Hall–Kier alpha value is -3.28. The van der Waals surface area contributed by atoms with Crippen LogP contribution in [0.3, 0.4) is 0 Å². The molecule has 184 valence electrons. The predicted octanol–water partition coefficient (Wildman–Crippen LogP) is 6.03. The molecule has 1 aromatic heterocycles. The van der Waals surface area contributed by atoms with Gasteiger partial charge in [0.05, 0.1) is 16.1 Å². The van der Waals surface area contributed by atoms with Crippen molar-refractivity contribution in [1.82, 2.24) is 9.29 Å². The van der Waals surface area contributed by atoms with Gasteiger partial charge in [-0.05, 0) is 55.1 Å². The van der Waals surface area contributed by atoms with E-state index in [4.69, 9.17) is 11.6 Å². The van der Waals surface area contributed by atoms with Crippen molar-refractivity contribution in [3.05, 3.63) is 83.3 Å². The van der Waals surface area contributed by atoms with Gasteiger partial charge in [0.15, 0.2) is 0 Å². The summed E-state index contributed by atoms with van der Waals surface area (Å²) in [4.78, 5) is -0.394. The van der Waals surface area contributed by atoms with Crippen molar-refractivity contribution in [2.75, 3.05) is 12.4 Å². The van der Waals surface area contributed by atoms with E-state index >= 15 is 0 Å². The van der Waals surface area contributed by atoms with Gasteiger partial charge in [-0.1, -0.05) is 23.7 Å². The first-order valence-corrected chi connectivity index (χ1v) is 11.9. The number of nitrogens with zero attached hydrogens (tertiary/aromatic N) is 1. The van der Waals surface area contributed by atoms with Gasteiger partial charge >= 0.3 is 6.36 Å². The zero-order chi connectivity index (χ0) is 25.4. The fourth-order valence-electron chi connectivity index (χ4n) is 3.57. The maximum Gasteiger partial charge on any atom is 0.573 e. The van der Waals surface area contributed by atoms with Crippen LogP contribution in [-0.4, -0.2) is 25.8 Å². The molecule has 0 atom stereocenters. The molecule has 0 bridgehead atoms. The number of halogens is 5. The van der Waals surface area contributed by atoms with E-state index in [1.54, 1.807) is 19.2 Å². The number of rotatable bonds is 7. The van der Waals surface area contributed by atoms with Crippen molar-refractivity contribution in [3.8, 4) is 5.75 Å². The van der Waals surface area contributed by atoms with Crippen LogP contribution in [-0.2, 0) is 16.6 Å². The number of nitrogens with one attached hydrogen (secondary N) is 2. The number of anilines is 2. The Bertz CT molecular complexity index is 1500. The first-order valence-electron chi connectivity index (χ1n) is 10.1. The molecule has 6 nitrogen and oxygen atoms in total. The van der Waals surface area contributed by atoms with Crippen LogP contribution in [0.5, 0.6) is 5.75 Å². The Morgan fingerprint density at radius 1 is 1.06 bits per heavy atom. The van der Waals surface area contributed by atoms with Gasteiger partial charge in [0.1, 0.15) is 11.6 Å². The van der Waals surface area contributed by atoms with Gasteiger partial charge in [0, 0.05) is 34.9 Å². The highest BCUT2D eigenvalue weighted by Crippen LogP contribution is 2.32. The first kappa shape index (κ1) is 24.8. The van der Waals surface area contributed by atoms with Gasteiger partial charge < -0.3 is 15.4 Å². The zero-order valence-electron chi connectivity index (χ0n) is 18.0.